The summed E-state index contributed by atoms with van der Waals surface area (Å²) in [7, 11) is 0. The molecule has 94 valence electrons. The largest absolute Gasteiger partial charge is 0.369 e. The molecule has 1 aliphatic carbocycles. The first kappa shape index (κ1) is 12.7. The Bertz CT molecular complexity index is 388. The molecule has 1 aromatic carbocycles. The molecule has 1 nitrogen and oxygen atoms in total. The van der Waals surface area contributed by atoms with Crippen LogP contribution < -0.4 is 4.90 Å². The van der Waals surface area contributed by atoms with Crippen LogP contribution in [-0.2, 0) is 5.88 Å². The molecule has 0 spiro atoms. The molecule has 0 saturated heterocycles. The van der Waals surface area contributed by atoms with Gasteiger partial charge in [0.25, 0.3) is 0 Å². The van der Waals surface area contributed by atoms with E-state index in [9.17, 15) is 4.39 Å². The summed E-state index contributed by atoms with van der Waals surface area (Å²) in [6.45, 7) is 5.40. The maximum Gasteiger partial charge on any atom is 0.123 e. The fourth-order valence-electron chi connectivity index (χ4n) is 2.11. The zero-order chi connectivity index (χ0) is 12.4. The van der Waals surface area contributed by atoms with Crippen molar-refractivity contribution in [3.8, 4) is 0 Å². The lowest BCUT2D eigenvalue weighted by Crippen LogP contribution is -2.33. The minimum absolute atomic E-state index is 0.209. The van der Waals surface area contributed by atoms with E-state index < -0.39 is 0 Å². The molecule has 0 heterocycles. The van der Waals surface area contributed by atoms with Crippen LogP contribution in [0.5, 0.6) is 0 Å². The Hall–Kier alpha value is -0.760. The molecule has 3 heteroatoms. The third-order valence-electron chi connectivity index (χ3n) is 3.27. The summed E-state index contributed by atoms with van der Waals surface area (Å²) in [6.07, 6.45) is 2.64. The van der Waals surface area contributed by atoms with Crippen LogP contribution in [0.2, 0.25) is 0 Å². The second kappa shape index (κ2) is 5.26. The lowest BCUT2D eigenvalue weighted by molar-refractivity contribution is 0.619. The van der Waals surface area contributed by atoms with Gasteiger partial charge in [-0.2, -0.15) is 0 Å². The minimum Gasteiger partial charge on any atom is -0.369 e. The predicted molar refractivity (Wildman–Crippen MR) is 71.2 cm³/mol. The van der Waals surface area contributed by atoms with Gasteiger partial charge in [-0.05, 0) is 56.4 Å². The number of rotatable bonds is 5. The van der Waals surface area contributed by atoms with Crippen LogP contribution in [0.4, 0.5) is 10.1 Å². The fourth-order valence-corrected chi connectivity index (χ4v) is 2.32. The molecule has 0 bridgehead atoms. The van der Waals surface area contributed by atoms with Crippen molar-refractivity contribution in [2.45, 2.75) is 38.6 Å². The Balaban J connectivity index is 2.26. The summed E-state index contributed by atoms with van der Waals surface area (Å²) in [5, 5.41) is 0. The van der Waals surface area contributed by atoms with E-state index in [1.807, 2.05) is 6.07 Å². The van der Waals surface area contributed by atoms with Crippen LogP contribution in [0.15, 0.2) is 18.2 Å². The van der Waals surface area contributed by atoms with E-state index >= 15 is 0 Å². The normalized spacial score (nSPS) is 15.4. The first-order valence-electron chi connectivity index (χ1n) is 6.23. The van der Waals surface area contributed by atoms with Crippen LogP contribution in [0.1, 0.15) is 32.3 Å². The second-order valence-corrected chi connectivity index (χ2v) is 5.36. The van der Waals surface area contributed by atoms with Gasteiger partial charge >= 0.3 is 0 Å². The summed E-state index contributed by atoms with van der Waals surface area (Å²) >= 11 is 5.91. The molecule has 17 heavy (non-hydrogen) atoms. The smallest absolute Gasteiger partial charge is 0.123 e. The van der Waals surface area contributed by atoms with Gasteiger partial charge in [-0.25, -0.2) is 4.39 Å². The number of nitrogens with zero attached hydrogens (tertiary/aromatic N) is 1. The molecule has 0 unspecified atom stereocenters. The van der Waals surface area contributed by atoms with Gasteiger partial charge < -0.3 is 4.90 Å². The Labute approximate surface area is 108 Å². The van der Waals surface area contributed by atoms with E-state index in [0.29, 0.717) is 11.9 Å². The second-order valence-electron chi connectivity index (χ2n) is 5.10. The standard InChI is InChI=1S/C14H19ClFN/c1-10(2)17(9-11-3-4-11)14-6-5-13(16)7-12(14)8-15/h5-7,10-11H,3-4,8-9H2,1-2H3. The maximum atomic E-state index is 13.2. The van der Waals surface area contributed by atoms with Crippen LogP contribution in [0.3, 0.4) is 0 Å². The molecule has 0 atom stereocenters. The number of halogens is 2. The number of hydrogen-bond donors (Lipinski definition) is 0. The number of alkyl halides is 1. The molecular weight excluding hydrogens is 237 g/mol. The Kier molecular flexibility index (Phi) is 3.93. The Morgan fingerprint density at radius 3 is 2.65 bits per heavy atom. The van der Waals surface area contributed by atoms with Crippen molar-refractivity contribution in [3.05, 3.63) is 29.6 Å². The highest BCUT2D eigenvalue weighted by atomic mass is 35.5. The van der Waals surface area contributed by atoms with Gasteiger partial charge in [0.1, 0.15) is 5.82 Å². The molecule has 2 rings (SSSR count). The van der Waals surface area contributed by atoms with Gasteiger partial charge in [-0.1, -0.05) is 0 Å². The highest BCUT2D eigenvalue weighted by Crippen LogP contribution is 2.34. The topological polar surface area (TPSA) is 3.24 Å². The average Bonchev–Trinajstić information content (AvgIpc) is 3.09. The first-order valence-corrected chi connectivity index (χ1v) is 6.76. The highest BCUT2D eigenvalue weighted by molar-refractivity contribution is 6.17. The molecule has 1 fully saturated rings. The van der Waals surface area contributed by atoms with Gasteiger partial charge in [-0.3, -0.25) is 0 Å². The number of hydrogen-bond acceptors (Lipinski definition) is 1. The number of anilines is 1. The first-order chi connectivity index (χ1) is 8.11. The predicted octanol–water partition coefficient (Wildman–Crippen LogP) is 4.19. The van der Waals surface area contributed by atoms with Gasteiger partial charge in [0, 0.05) is 24.2 Å². The van der Waals surface area contributed by atoms with Crippen molar-refractivity contribution in [2.24, 2.45) is 5.92 Å². The molecule has 0 amide bonds. The van der Waals surface area contributed by atoms with Gasteiger partial charge in [0.15, 0.2) is 0 Å². The van der Waals surface area contributed by atoms with E-state index in [2.05, 4.69) is 18.7 Å². The van der Waals surface area contributed by atoms with Crippen LogP contribution >= 0.6 is 11.6 Å². The van der Waals surface area contributed by atoms with E-state index in [4.69, 9.17) is 11.6 Å². The Morgan fingerprint density at radius 1 is 1.41 bits per heavy atom. The average molecular weight is 256 g/mol. The van der Waals surface area contributed by atoms with Crippen molar-refractivity contribution in [1.82, 2.24) is 0 Å². The minimum atomic E-state index is -0.209. The van der Waals surface area contributed by atoms with Gasteiger partial charge in [0.05, 0.1) is 0 Å². The number of benzene rings is 1. The maximum absolute atomic E-state index is 13.2. The van der Waals surface area contributed by atoms with Crippen molar-refractivity contribution in [1.29, 1.82) is 0 Å². The molecule has 0 aliphatic heterocycles. The SMILES string of the molecule is CC(C)N(CC1CC1)c1ccc(F)cc1CCl. The van der Waals surface area contributed by atoms with E-state index in [1.54, 1.807) is 6.07 Å². The van der Waals surface area contributed by atoms with Crippen molar-refractivity contribution in [3.63, 3.8) is 0 Å². The van der Waals surface area contributed by atoms with Crippen molar-refractivity contribution < 1.29 is 4.39 Å². The molecule has 0 aromatic heterocycles. The quantitative estimate of drug-likeness (QED) is 0.713. The summed E-state index contributed by atoms with van der Waals surface area (Å²) in [5.74, 6) is 0.964. The Morgan fingerprint density at radius 2 is 2.12 bits per heavy atom. The van der Waals surface area contributed by atoms with E-state index in [0.717, 1.165) is 23.7 Å². The van der Waals surface area contributed by atoms with E-state index in [1.165, 1.54) is 18.9 Å². The third-order valence-corrected chi connectivity index (χ3v) is 3.56. The lowest BCUT2D eigenvalue weighted by Gasteiger charge is -2.31. The summed E-state index contributed by atoms with van der Waals surface area (Å²) in [4.78, 5) is 2.34. The fraction of sp³-hybridized carbons (Fsp3) is 0.571. The molecule has 1 aromatic rings. The molecular formula is C14H19ClFN. The van der Waals surface area contributed by atoms with Crippen LogP contribution in [-0.4, -0.2) is 12.6 Å². The van der Waals surface area contributed by atoms with Gasteiger partial charge in [-0.15, -0.1) is 11.6 Å². The molecule has 1 aliphatic rings. The lowest BCUT2D eigenvalue weighted by atomic mass is 10.1. The molecule has 0 radical (unpaired) electrons. The van der Waals surface area contributed by atoms with Gasteiger partial charge in [0.2, 0.25) is 0 Å². The molecule has 0 N–H and O–H groups in total. The third kappa shape index (κ3) is 3.12. The van der Waals surface area contributed by atoms with Crippen molar-refractivity contribution >= 4 is 17.3 Å². The zero-order valence-electron chi connectivity index (χ0n) is 10.4. The van der Waals surface area contributed by atoms with E-state index in [-0.39, 0.29) is 5.82 Å². The summed E-state index contributed by atoms with van der Waals surface area (Å²) in [6, 6.07) is 5.34. The van der Waals surface area contributed by atoms with Crippen LogP contribution in [0.25, 0.3) is 0 Å². The monoisotopic (exact) mass is 255 g/mol. The summed E-state index contributed by atoms with van der Waals surface area (Å²) in [5.41, 5.74) is 1.98. The van der Waals surface area contributed by atoms with Crippen molar-refractivity contribution in [2.75, 3.05) is 11.4 Å². The molecule has 1 saturated carbocycles. The van der Waals surface area contributed by atoms with Crippen LogP contribution in [0, 0.1) is 11.7 Å². The summed E-state index contributed by atoms with van der Waals surface area (Å²) < 4.78 is 13.2. The highest BCUT2D eigenvalue weighted by Gasteiger charge is 2.26. The zero-order valence-corrected chi connectivity index (χ0v) is 11.2.